The summed E-state index contributed by atoms with van der Waals surface area (Å²) in [6, 6.07) is 58.9. The molecule has 0 bridgehead atoms. The van der Waals surface area contributed by atoms with Crippen LogP contribution in [0.1, 0.15) is 144 Å². The zero-order chi connectivity index (χ0) is 48.3. The molecule has 3 nitrogen and oxygen atoms in total. The lowest BCUT2D eigenvalue weighted by atomic mass is 9.33. The first-order valence-corrected chi connectivity index (χ1v) is 25.4. The van der Waals surface area contributed by atoms with Crippen molar-refractivity contribution in [2.24, 2.45) is 0 Å². The highest BCUT2D eigenvalue weighted by molar-refractivity contribution is 7.00. The molecule has 7 aromatic carbocycles. The maximum absolute atomic E-state index is 2.57. The van der Waals surface area contributed by atoms with Crippen LogP contribution in [0.2, 0.25) is 0 Å². The minimum atomic E-state index is -0.0226. The van der Waals surface area contributed by atoms with E-state index >= 15 is 0 Å². The van der Waals surface area contributed by atoms with Gasteiger partial charge in [-0.2, -0.15) is 0 Å². The largest absolute Gasteiger partial charge is 0.311 e. The molecule has 0 aliphatic carbocycles. The average Bonchev–Trinajstić information content (AvgIpc) is 3.30. The van der Waals surface area contributed by atoms with Gasteiger partial charge in [0.2, 0.25) is 0 Å². The second-order valence-corrected chi connectivity index (χ2v) is 23.8. The Morgan fingerprint density at radius 1 is 0.397 bits per heavy atom. The molecule has 9 rings (SSSR count). The molecule has 0 aromatic heterocycles. The van der Waals surface area contributed by atoms with Gasteiger partial charge in [-0.05, 0) is 158 Å². The number of benzene rings is 7. The van der Waals surface area contributed by atoms with Gasteiger partial charge in [0.05, 0.1) is 0 Å². The molecule has 0 unspecified atom stereocenters. The number of unbranched alkanes of at least 4 members (excludes halogenated alkanes) is 3. The number of nitrogens with zero attached hydrogens (tertiary/aromatic N) is 3. The van der Waals surface area contributed by atoms with Crippen molar-refractivity contribution >= 4 is 74.3 Å². The van der Waals surface area contributed by atoms with Crippen LogP contribution in [-0.4, -0.2) is 6.71 Å². The third-order valence-electron chi connectivity index (χ3n) is 14.6. The first kappa shape index (κ1) is 47.1. The molecule has 0 fully saturated rings. The van der Waals surface area contributed by atoms with Crippen molar-refractivity contribution in [3.63, 3.8) is 0 Å². The molecular weight excluding hydrogens is 822 g/mol. The Balaban J connectivity index is 1.28. The van der Waals surface area contributed by atoms with Gasteiger partial charge >= 0.3 is 0 Å². The topological polar surface area (TPSA) is 9.72 Å². The van der Waals surface area contributed by atoms with E-state index in [9.17, 15) is 0 Å². The fourth-order valence-corrected chi connectivity index (χ4v) is 10.4. The fourth-order valence-electron chi connectivity index (χ4n) is 10.4. The Morgan fingerprint density at radius 3 is 1.35 bits per heavy atom. The second-order valence-electron chi connectivity index (χ2n) is 23.8. The Bertz CT molecular complexity index is 2840. The van der Waals surface area contributed by atoms with Crippen LogP contribution >= 0.6 is 0 Å². The molecule has 68 heavy (non-hydrogen) atoms. The molecule has 7 aromatic rings. The predicted octanol–water partition coefficient (Wildman–Crippen LogP) is 16.6. The standard InChI is InChI=1S/C64H74BN3/c1-14-15-16-17-19-44-22-31-51(32-23-44)68-58-21-18-20-57-60(58)65(55-42-48(64(11,12)13)30-41-56(55)67(57)52-37-28-47(29-38-52)63(8,9)10)54-40-39-53(43-59(54)68)66(49-33-24-45(25-34-49)61(2,3)4)50-35-26-46(27-36-50)62(5,6)7/h18,20-43H,14-17,19H2,1-13H3. The van der Waals surface area contributed by atoms with Gasteiger partial charge in [0, 0.05) is 51.2 Å². The molecular formula is C64H74BN3. The normalized spacial score (nSPS) is 13.6. The van der Waals surface area contributed by atoms with Crippen LogP contribution in [0, 0.1) is 0 Å². The Hall–Kier alpha value is -6.00. The van der Waals surface area contributed by atoms with Gasteiger partial charge < -0.3 is 14.7 Å². The second kappa shape index (κ2) is 17.8. The van der Waals surface area contributed by atoms with Crippen LogP contribution in [0.25, 0.3) is 0 Å². The van der Waals surface area contributed by atoms with Crippen LogP contribution in [0.15, 0.2) is 152 Å². The molecule has 4 heteroatoms. The molecule has 0 saturated heterocycles. The van der Waals surface area contributed by atoms with Crippen molar-refractivity contribution in [3.8, 4) is 0 Å². The summed E-state index contributed by atoms with van der Waals surface area (Å²) in [6.07, 6.45) is 6.16. The number of aryl methyl sites for hydroxylation is 1. The van der Waals surface area contributed by atoms with Crippen LogP contribution in [0.4, 0.5) is 51.2 Å². The summed E-state index contributed by atoms with van der Waals surface area (Å²) in [5.41, 5.74) is 21.6. The van der Waals surface area contributed by atoms with Gasteiger partial charge in [-0.15, -0.1) is 0 Å². The molecule has 0 saturated carbocycles. The molecule has 0 spiro atoms. The molecule has 2 aliphatic rings. The smallest absolute Gasteiger partial charge is 0.252 e. The van der Waals surface area contributed by atoms with Gasteiger partial charge in [-0.3, -0.25) is 0 Å². The van der Waals surface area contributed by atoms with E-state index in [1.54, 1.807) is 0 Å². The lowest BCUT2D eigenvalue weighted by Crippen LogP contribution is -2.61. The van der Waals surface area contributed by atoms with Gasteiger partial charge in [0.1, 0.15) is 0 Å². The molecule has 2 aliphatic heterocycles. The monoisotopic (exact) mass is 896 g/mol. The average molecular weight is 896 g/mol. The zero-order valence-electron chi connectivity index (χ0n) is 43.4. The van der Waals surface area contributed by atoms with Crippen molar-refractivity contribution in [2.75, 3.05) is 14.7 Å². The van der Waals surface area contributed by atoms with E-state index in [4.69, 9.17) is 0 Å². The third kappa shape index (κ3) is 9.04. The van der Waals surface area contributed by atoms with Crippen molar-refractivity contribution in [1.29, 1.82) is 0 Å². The summed E-state index contributed by atoms with van der Waals surface area (Å²) in [6.45, 7) is 30.0. The maximum Gasteiger partial charge on any atom is 0.252 e. The highest BCUT2D eigenvalue weighted by Crippen LogP contribution is 2.47. The van der Waals surface area contributed by atoms with Crippen molar-refractivity contribution in [1.82, 2.24) is 0 Å². The van der Waals surface area contributed by atoms with Crippen molar-refractivity contribution < 1.29 is 0 Å². The molecule has 0 N–H and O–H groups in total. The van der Waals surface area contributed by atoms with Gasteiger partial charge in [-0.25, -0.2) is 0 Å². The lowest BCUT2D eigenvalue weighted by molar-refractivity contribution is 0.590. The van der Waals surface area contributed by atoms with Crippen molar-refractivity contribution in [3.05, 3.63) is 179 Å². The molecule has 0 amide bonds. The molecule has 2 heterocycles. The Labute approximate surface area is 410 Å². The highest BCUT2D eigenvalue weighted by atomic mass is 15.2. The number of fused-ring (bicyclic) bond motifs is 4. The summed E-state index contributed by atoms with van der Waals surface area (Å²) >= 11 is 0. The Kier molecular flexibility index (Phi) is 12.3. The van der Waals surface area contributed by atoms with Gasteiger partial charge in [-0.1, -0.05) is 182 Å². The number of hydrogen-bond donors (Lipinski definition) is 0. The van der Waals surface area contributed by atoms with E-state index in [1.165, 1.54) is 104 Å². The summed E-state index contributed by atoms with van der Waals surface area (Å²) in [5, 5.41) is 0. The van der Waals surface area contributed by atoms with Gasteiger partial charge in [0.15, 0.2) is 0 Å². The maximum atomic E-state index is 2.57. The molecule has 0 radical (unpaired) electrons. The third-order valence-corrected chi connectivity index (χ3v) is 14.6. The first-order chi connectivity index (χ1) is 32.2. The zero-order valence-corrected chi connectivity index (χ0v) is 43.4. The fraction of sp³-hybridized carbons (Fsp3) is 0.344. The highest BCUT2D eigenvalue weighted by Gasteiger charge is 2.44. The Morgan fingerprint density at radius 2 is 0.853 bits per heavy atom. The summed E-state index contributed by atoms with van der Waals surface area (Å²) in [7, 11) is 0. The van der Waals surface area contributed by atoms with E-state index in [0.717, 1.165) is 23.5 Å². The van der Waals surface area contributed by atoms with E-state index in [2.05, 4.69) is 256 Å². The van der Waals surface area contributed by atoms with E-state index in [0.29, 0.717) is 0 Å². The van der Waals surface area contributed by atoms with Crippen molar-refractivity contribution in [2.45, 2.75) is 144 Å². The number of rotatable bonds is 10. The minimum Gasteiger partial charge on any atom is -0.311 e. The van der Waals surface area contributed by atoms with Gasteiger partial charge in [0.25, 0.3) is 6.71 Å². The van der Waals surface area contributed by atoms with Crippen LogP contribution in [0.3, 0.4) is 0 Å². The van der Waals surface area contributed by atoms with Crippen LogP contribution in [-0.2, 0) is 28.1 Å². The summed E-state index contributed by atoms with van der Waals surface area (Å²) < 4.78 is 0. The SMILES string of the molecule is CCCCCCc1ccc(N2c3cc(N(c4ccc(C(C)(C)C)cc4)c4ccc(C(C)(C)C)cc4)ccc3B3c4cc(C(C)(C)C)ccc4N(c4ccc(C(C)(C)C)cc4)c4cccc2c43)cc1. The minimum absolute atomic E-state index is 0.0207. The lowest BCUT2D eigenvalue weighted by Gasteiger charge is -2.44. The van der Waals surface area contributed by atoms with E-state index in [1.807, 2.05) is 0 Å². The molecule has 348 valence electrons. The first-order valence-electron chi connectivity index (χ1n) is 25.4. The van der Waals surface area contributed by atoms with E-state index in [-0.39, 0.29) is 28.4 Å². The van der Waals surface area contributed by atoms with Crippen LogP contribution < -0.4 is 31.1 Å². The van der Waals surface area contributed by atoms with E-state index < -0.39 is 0 Å². The molecule has 0 atom stereocenters. The quantitative estimate of drug-likeness (QED) is 0.100. The number of anilines is 9. The summed E-state index contributed by atoms with van der Waals surface area (Å²) in [5.74, 6) is 0. The predicted molar refractivity (Wildman–Crippen MR) is 298 cm³/mol. The van der Waals surface area contributed by atoms with Crippen LogP contribution in [0.5, 0.6) is 0 Å². The summed E-state index contributed by atoms with van der Waals surface area (Å²) in [4.78, 5) is 7.56. The number of hydrogen-bond acceptors (Lipinski definition) is 3.